The summed E-state index contributed by atoms with van der Waals surface area (Å²) in [5, 5.41) is 3.84. The molecular weight excluding hydrogens is 322 g/mol. The van der Waals surface area contributed by atoms with Crippen LogP contribution in [0, 0.1) is 11.3 Å². The van der Waals surface area contributed by atoms with Crippen LogP contribution in [0.4, 0.5) is 0 Å². The Bertz CT molecular complexity index is 783. The van der Waals surface area contributed by atoms with E-state index in [4.69, 9.17) is 4.52 Å². The van der Waals surface area contributed by atoms with Gasteiger partial charge in [0.15, 0.2) is 0 Å². The molecule has 0 N–H and O–H groups in total. The van der Waals surface area contributed by atoms with Crippen LogP contribution in [0.2, 0.25) is 0 Å². The quantitative estimate of drug-likeness (QED) is 0.838. The molecule has 2 aromatic rings. The fourth-order valence-corrected chi connectivity index (χ4v) is 3.08. The molecule has 3 heterocycles. The van der Waals surface area contributed by atoms with E-state index in [2.05, 4.69) is 15.1 Å². The fraction of sp³-hybridized carbons (Fsp3) is 0.588. The molecule has 2 aromatic heterocycles. The first-order valence-electron chi connectivity index (χ1n) is 8.48. The summed E-state index contributed by atoms with van der Waals surface area (Å²) in [6.45, 7) is 7.73. The van der Waals surface area contributed by atoms with Crippen LogP contribution < -0.4 is 5.76 Å². The molecule has 1 fully saturated rings. The highest BCUT2D eigenvalue weighted by atomic mass is 16.5. The molecule has 1 aliphatic rings. The van der Waals surface area contributed by atoms with Gasteiger partial charge in [-0.25, -0.2) is 9.78 Å². The van der Waals surface area contributed by atoms with Crippen molar-refractivity contribution in [1.82, 2.24) is 24.6 Å². The summed E-state index contributed by atoms with van der Waals surface area (Å²) >= 11 is 0. The maximum atomic E-state index is 12.4. The molecule has 0 atom stereocenters. The molecule has 8 heteroatoms. The van der Waals surface area contributed by atoms with Crippen LogP contribution in [0.3, 0.4) is 0 Å². The minimum atomic E-state index is -0.492. The van der Waals surface area contributed by atoms with E-state index in [0.717, 1.165) is 12.8 Å². The van der Waals surface area contributed by atoms with Crippen molar-refractivity contribution in [2.24, 2.45) is 11.3 Å². The van der Waals surface area contributed by atoms with Gasteiger partial charge in [-0.05, 0) is 18.8 Å². The third kappa shape index (κ3) is 3.78. The molecule has 1 saturated heterocycles. The highest BCUT2D eigenvalue weighted by molar-refractivity contribution is 5.81. The number of hydrogen-bond acceptors (Lipinski definition) is 6. The fourth-order valence-electron chi connectivity index (χ4n) is 3.08. The predicted octanol–water partition coefficient (Wildman–Crippen LogP) is 1.58. The summed E-state index contributed by atoms with van der Waals surface area (Å²) in [5.41, 5.74) is 0.144. The average Bonchev–Trinajstić information content (AvgIpc) is 2.96. The van der Waals surface area contributed by atoms with E-state index < -0.39 is 5.76 Å². The number of carbonyl (C=O) groups excluding carboxylic acids is 1. The third-order valence-corrected chi connectivity index (χ3v) is 4.46. The van der Waals surface area contributed by atoms with Crippen LogP contribution in [0.5, 0.6) is 0 Å². The van der Waals surface area contributed by atoms with E-state index in [-0.39, 0.29) is 17.2 Å². The van der Waals surface area contributed by atoms with Gasteiger partial charge in [0, 0.05) is 37.4 Å². The monoisotopic (exact) mass is 345 g/mol. The van der Waals surface area contributed by atoms with Crippen molar-refractivity contribution in [2.45, 2.75) is 40.2 Å². The smallest absolute Gasteiger partial charge is 0.342 e. The van der Waals surface area contributed by atoms with Crippen molar-refractivity contribution in [2.75, 3.05) is 13.1 Å². The molecule has 0 spiro atoms. The molecule has 1 aliphatic heterocycles. The van der Waals surface area contributed by atoms with Gasteiger partial charge in [-0.15, -0.1) is 0 Å². The van der Waals surface area contributed by atoms with Crippen LogP contribution in [0.25, 0.3) is 11.5 Å². The molecule has 0 radical (unpaired) electrons. The number of rotatable bonds is 3. The highest BCUT2D eigenvalue weighted by Crippen LogP contribution is 2.25. The van der Waals surface area contributed by atoms with Crippen molar-refractivity contribution in [1.29, 1.82) is 0 Å². The maximum absolute atomic E-state index is 12.4. The molecule has 0 aliphatic carbocycles. The van der Waals surface area contributed by atoms with E-state index in [1.165, 1.54) is 4.57 Å². The zero-order valence-electron chi connectivity index (χ0n) is 14.8. The topological polar surface area (TPSA) is 94.1 Å². The normalized spacial score (nSPS) is 16.2. The number of hydrogen-bond donors (Lipinski definition) is 0. The number of nitrogens with zero attached hydrogens (tertiary/aromatic N) is 5. The lowest BCUT2D eigenvalue weighted by Gasteiger charge is -2.35. The maximum Gasteiger partial charge on any atom is 0.441 e. The Hall–Kier alpha value is -2.51. The first kappa shape index (κ1) is 17.3. The Kier molecular flexibility index (Phi) is 4.69. The number of carbonyl (C=O) groups is 1. The minimum Gasteiger partial charge on any atom is -0.342 e. The Balaban J connectivity index is 1.69. The number of aromatic nitrogens is 4. The second kappa shape index (κ2) is 6.78. The predicted molar refractivity (Wildman–Crippen MR) is 90.5 cm³/mol. The summed E-state index contributed by atoms with van der Waals surface area (Å²) in [7, 11) is 0. The zero-order valence-corrected chi connectivity index (χ0v) is 14.8. The van der Waals surface area contributed by atoms with Crippen LogP contribution in [-0.2, 0) is 11.3 Å². The van der Waals surface area contributed by atoms with E-state index >= 15 is 0 Å². The molecule has 0 unspecified atom stereocenters. The van der Waals surface area contributed by atoms with E-state index in [9.17, 15) is 9.59 Å². The first-order chi connectivity index (χ1) is 11.9. The zero-order chi connectivity index (χ0) is 18.0. The van der Waals surface area contributed by atoms with Gasteiger partial charge < -0.3 is 4.90 Å². The first-order valence-corrected chi connectivity index (χ1v) is 8.48. The molecule has 8 nitrogen and oxygen atoms in total. The molecule has 3 rings (SSSR count). The number of likely N-dealkylation sites (tertiary alicyclic amines) is 1. The van der Waals surface area contributed by atoms with Gasteiger partial charge >= 0.3 is 5.76 Å². The van der Waals surface area contributed by atoms with Crippen LogP contribution in [-0.4, -0.2) is 43.6 Å². The summed E-state index contributed by atoms with van der Waals surface area (Å²) in [6.07, 6.45) is 6.36. The van der Waals surface area contributed by atoms with Gasteiger partial charge in [0.2, 0.25) is 11.7 Å². The van der Waals surface area contributed by atoms with Crippen LogP contribution in [0.15, 0.2) is 27.9 Å². The number of piperidine rings is 1. The second-order valence-corrected chi connectivity index (χ2v) is 7.46. The van der Waals surface area contributed by atoms with Crippen molar-refractivity contribution in [3.8, 4) is 11.5 Å². The summed E-state index contributed by atoms with van der Waals surface area (Å²) < 4.78 is 6.33. The molecular formula is C17H23N5O3. The van der Waals surface area contributed by atoms with Gasteiger partial charge in [-0.3, -0.25) is 18.9 Å². The van der Waals surface area contributed by atoms with Crippen molar-refractivity contribution in [3.63, 3.8) is 0 Å². The Morgan fingerprint density at radius 3 is 2.60 bits per heavy atom. The summed E-state index contributed by atoms with van der Waals surface area (Å²) in [4.78, 5) is 34.5. The van der Waals surface area contributed by atoms with Gasteiger partial charge in [0.1, 0.15) is 5.69 Å². The van der Waals surface area contributed by atoms with E-state index in [1.54, 1.807) is 18.6 Å². The van der Waals surface area contributed by atoms with E-state index in [1.807, 2.05) is 25.7 Å². The van der Waals surface area contributed by atoms with Gasteiger partial charge in [0.05, 0.1) is 6.20 Å². The summed E-state index contributed by atoms with van der Waals surface area (Å²) in [5.74, 6) is 0.366. The molecule has 134 valence electrons. The lowest BCUT2D eigenvalue weighted by molar-refractivity contribution is -0.140. The van der Waals surface area contributed by atoms with Crippen LogP contribution in [0.1, 0.15) is 33.6 Å². The Morgan fingerprint density at radius 2 is 2.00 bits per heavy atom. The lowest BCUT2D eigenvalue weighted by atomic mass is 9.91. The van der Waals surface area contributed by atoms with Crippen molar-refractivity contribution in [3.05, 3.63) is 29.1 Å². The molecule has 0 aromatic carbocycles. The Morgan fingerprint density at radius 1 is 1.28 bits per heavy atom. The SMILES string of the molecule is CC(C)(C)C(=O)N1CCC(Cn2c(-c3cnccn3)noc2=O)CC1. The van der Waals surface area contributed by atoms with E-state index in [0.29, 0.717) is 31.2 Å². The highest BCUT2D eigenvalue weighted by Gasteiger charge is 2.31. The van der Waals surface area contributed by atoms with Crippen LogP contribution >= 0.6 is 0 Å². The molecule has 1 amide bonds. The number of amides is 1. The molecule has 0 bridgehead atoms. The third-order valence-electron chi connectivity index (χ3n) is 4.46. The van der Waals surface area contributed by atoms with Gasteiger partial charge in [-0.1, -0.05) is 25.9 Å². The minimum absolute atomic E-state index is 0.174. The standard InChI is InChI=1S/C17H23N5O3/c1-17(2,3)15(23)21-8-4-12(5-9-21)11-22-14(20-25-16(22)24)13-10-18-6-7-19-13/h6-7,10,12H,4-5,8-9,11H2,1-3H3. The van der Waals surface area contributed by atoms with Gasteiger partial charge in [-0.2, -0.15) is 0 Å². The second-order valence-electron chi connectivity index (χ2n) is 7.46. The largest absolute Gasteiger partial charge is 0.441 e. The van der Waals surface area contributed by atoms with Gasteiger partial charge in [0.25, 0.3) is 0 Å². The van der Waals surface area contributed by atoms with Crippen molar-refractivity contribution < 1.29 is 9.32 Å². The van der Waals surface area contributed by atoms with Crippen molar-refractivity contribution >= 4 is 5.91 Å². The Labute approximate surface area is 145 Å². The average molecular weight is 345 g/mol. The molecule has 25 heavy (non-hydrogen) atoms. The lowest BCUT2D eigenvalue weighted by Crippen LogP contribution is -2.44. The molecule has 0 saturated carbocycles. The summed E-state index contributed by atoms with van der Waals surface area (Å²) in [6, 6.07) is 0.